The lowest BCUT2D eigenvalue weighted by molar-refractivity contribution is 0.344. The van der Waals surface area contributed by atoms with E-state index in [2.05, 4.69) is 24.0 Å². The van der Waals surface area contributed by atoms with Crippen LogP contribution in [0.5, 0.6) is 5.75 Å². The van der Waals surface area contributed by atoms with Gasteiger partial charge in [-0.05, 0) is 25.5 Å². The fourth-order valence-corrected chi connectivity index (χ4v) is 1.56. The first-order chi connectivity index (χ1) is 6.33. The highest BCUT2D eigenvalue weighted by Gasteiger charge is 2.04. The number of aromatic amines is 1. The van der Waals surface area contributed by atoms with Crippen LogP contribution >= 0.6 is 0 Å². The van der Waals surface area contributed by atoms with Crippen molar-refractivity contribution in [3.63, 3.8) is 0 Å². The highest BCUT2D eigenvalue weighted by molar-refractivity contribution is 5.88. The molecular formula is C11H13NO. The molecule has 0 spiro atoms. The molecule has 1 aromatic heterocycles. The molecule has 68 valence electrons. The van der Waals surface area contributed by atoms with Gasteiger partial charge in [-0.2, -0.15) is 0 Å². The number of nitrogens with one attached hydrogen (secondary N) is 1. The first kappa shape index (κ1) is 8.17. The largest absolute Gasteiger partial charge is 0.492 e. The summed E-state index contributed by atoms with van der Waals surface area (Å²) in [7, 11) is 0. The Morgan fingerprint density at radius 1 is 1.38 bits per heavy atom. The predicted octanol–water partition coefficient (Wildman–Crippen LogP) is 2.88. The van der Waals surface area contributed by atoms with Gasteiger partial charge in [-0.25, -0.2) is 0 Å². The Labute approximate surface area is 77.5 Å². The molecular weight excluding hydrogens is 162 g/mol. The Hall–Kier alpha value is -1.44. The fraction of sp³-hybridized carbons (Fsp3) is 0.273. The zero-order valence-electron chi connectivity index (χ0n) is 7.92. The molecule has 13 heavy (non-hydrogen) atoms. The van der Waals surface area contributed by atoms with Crippen molar-refractivity contribution in [3.8, 4) is 5.75 Å². The second-order valence-electron chi connectivity index (χ2n) is 3.08. The normalized spacial score (nSPS) is 10.6. The molecule has 0 saturated heterocycles. The Balaban J connectivity index is 2.61. The fourth-order valence-electron chi connectivity index (χ4n) is 1.56. The number of rotatable bonds is 2. The van der Waals surface area contributed by atoms with Crippen LogP contribution in [0.4, 0.5) is 0 Å². The summed E-state index contributed by atoms with van der Waals surface area (Å²) in [5.41, 5.74) is 2.43. The summed E-state index contributed by atoms with van der Waals surface area (Å²) in [5, 5.41) is 1.17. The van der Waals surface area contributed by atoms with Gasteiger partial charge in [0.2, 0.25) is 0 Å². The summed E-state index contributed by atoms with van der Waals surface area (Å²) < 4.78 is 5.48. The van der Waals surface area contributed by atoms with E-state index in [0.717, 1.165) is 5.75 Å². The van der Waals surface area contributed by atoms with Crippen LogP contribution in [0.15, 0.2) is 24.4 Å². The van der Waals surface area contributed by atoms with Gasteiger partial charge < -0.3 is 9.72 Å². The van der Waals surface area contributed by atoms with Crippen LogP contribution in [0, 0.1) is 6.92 Å². The maximum Gasteiger partial charge on any atom is 0.144 e. The number of para-hydroxylation sites is 1. The molecule has 0 radical (unpaired) electrons. The number of aromatic nitrogens is 1. The molecule has 2 rings (SSSR count). The zero-order valence-corrected chi connectivity index (χ0v) is 7.92. The van der Waals surface area contributed by atoms with E-state index in [1.807, 2.05) is 19.2 Å². The van der Waals surface area contributed by atoms with Crippen molar-refractivity contribution in [1.29, 1.82) is 0 Å². The van der Waals surface area contributed by atoms with E-state index in [4.69, 9.17) is 4.74 Å². The summed E-state index contributed by atoms with van der Waals surface area (Å²) in [6, 6.07) is 6.21. The molecule has 0 bridgehead atoms. The summed E-state index contributed by atoms with van der Waals surface area (Å²) in [6.07, 6.45) is 1.92. The van der Waals surface area contributed by atoms with Gasteiger partial charge in [0.1, 0.15) is 5.75 Å². The maximum atomic E-state index is 5.48. The van der Waals surface area contributed by atoms with Crippen LogP contribution in [0.1, 0.15) is 12.5 Å². The van der Waals surface area contributed by atoms with Crippen molar-refractivity contribution in [2.75, 3.05) is 6.61 Å². The molecule has 1 N–H and O–H groups in total. The molecule has 0 saturated carbocycles. The zero-order chi connectivity index (χ0) is 9.26. The highest BCUT2D eigenvalue weighted by Crippen LogP contribution is 2.26. The average molecular weight is 175 g/mol. The minimum Gasteiger partial charge on any atom is -0.492 e. The van der Waals surface area contributed by atoms with E-state index in [9.17, 15) is 0 Å². The lowest BCUT2D eigenvalue weighted by Gasteiger charge is -2.00. The van der Waals surface area contributed by atoms with E-state index < -0.39 is 0 Å². The summed E-state index contributed by atoms with van der Waals surface area (Å²) in [6.45, 7) is 4.80. The number of ether oxygens (including phenoxy) is 1. The van der Waals surface area contributed by atoms with Crippen molar-refractivity contribution in [2.45, 2.75) is 13.8 Å². The Kier molecular flexibility index (Phi) is 1.97. The van der Waals surface area contributed by atoms with Gasteiger partial charge in [-0.1, -0.05) is 12.1 Å². The van der Waals surface area contributed by atoms with Crippen molar-refractivity contribution in [2.24, 2.45) is 0 Å². The highest BCUT2D eigenvalue weighted by atomic mass is 16.5. The second-order valence-corrected chi connectivity index (χ2v) is 3.08. The molecule has 1 aromatic carbocycles. The minimum atomic E-state index is 0.709. The van der Waals surface area contributed by atoms with Gasteiger partial charge in [-0.15, -0.1) is 0 Å². The Bertz CT molecular complexity index is 417. The topological polar surface area (TPSA) is 25.0 Å². The van der Waals surface area contributed by atoms with Crippen molar-refractivity contribution >= 4 is 10.9 Å². The van der Waals surface area contributed by atoms with E-state index in [1.54, 1.807) is 0 Å². The van der Waals surface area contributed by atoms with E-state index in [-0.39, 0.29) is 0 Å². The van der Waals surface area contributed by atoms with E-state index >= 15 is 0 Å². The van der Waals surface area contributed by atoms with Crippen molar-refractivity contribution in [3.05, 3.63) is 30.0 Å². The Morgan fingerprint density at radius 3 is 3.00 bits per heavy atom. The molecule has 0 atom stereocenters. The van der Waals surface area contributed by atoms with Crippen LogP contribution in [-0.2, 0) is 0 Å². The van der Waals surface area contributed by atoms with Crippen LogP contribution < -0.4 is 4.74 Å². The van der Waals surface area contributed by atoms with Gasteiger partial charge in [-0.3, -0.25) is 0 Å². The molecule has 0 aliphatic carbocycles. The first-order valence-corrected chi connectivity index (χ1v) is 4.52. The van der Waals surface area contributed by atoms with Crippen molar-refractivity contribution < 1.29 is 4.74 Å². The molecule has 0 aliphatic rings. The molecule has 0 amide bonds. The van der Waals surface area contributed by atoms with Crippen LogP contribution in [-0.4, -0.2) is 11.6 Å². The number of benzene rings is 1. The molecule has 1 heterocycles. The van der Waals surface area contributed by atoms with Crippen molar-refractivity contribution in [1.82, 2.24) is 4.98 Å². The molecule has 2 aromatic rings. The van der Waals surface area contributed by atoms with Crippen LogP contribution in [0.2, 0.25) is 0 Å². The number of H-pyrrole nitrogens is 1. The SMILES string of the molecule is CCOc1c[nH]c2c(C)cccc12. The average Bonchev–Trinajstić information content (AvgIpc) is 2.51. The molecule has 2 heteroatoms. The lowest BCUT2D eigenvalue weighted by atomic mass is 10.2. The monoisotopic (exact) mass is 175 g/mol. The standard InChI is InChI=1S/C11H13NO/c1-3-13-10-7-12-11-8(2)5-4-6-9(10)11/h4-7,12H,3H2,1-2H3. The van der Waals surface area contributed by atoms with Gasteiger partial charge in [0.25, 0.3) is 0 Å². The smallest absolute Gasteiger partial charge is 0.144 e. The van der Waals surface area contributed by atoms with Gasteiger partial charge >= 0.3 is 0 Å². The minimum absolute atomic E-state index is 0.709. The summed E-state index contributed by atoms with van der Waals surface area (Å²) in [4.78, 5) is 3.22. The number of aryl methyl sites for hydroxylation is 1. The quantitative estimate of drug-likeness (QED) is 0.745. The maximum absolute atomic E-state index is 5.48. The summed E-state index contributed by atoms with van der Waals surface area (Å²) in [5.74, 6) is 0.946. The summed E-state index contributed by atoms with van der Waals surface area (Å²) >= 11 is 0. The van der Waals surface area contributed by atoms with Gasteiger partial charge in [0, 0.05) is 11.6 Å². The molecule has 0 fully saturated rings. The number of fused-ring (bicyclic) bond motifs is 1. The van der Waals surface area contributed by atoms with Gasteiger partial charge in [0.15, 0.2) is 0 Å². The van der Waals surface area contributed by atoms with Crippen LogP contribution in [0.25, 0.3) is 10.9 Å². The molecule has 2 nitrogen and oxygen atoms in total. The number of hydrogen-bond acceptors (Lipinski definition) is 1. The van der Waals surface area contributed by atoms with Gasteiger partial charge in [0.05, 0.1) is 12.1 Å². The lowest BCUT2D eigenvalue weighted by Crippen LogP contribution is -1.89. The third-order valence-corrected chi connectivity index (χ3v) is 2.19. The van der Waals surface area contributed by atoms with E-state index in [1.165, 1.54) is 16.5 Å². The van der Waals surface area contributed by atoms with Crippen LogP contribution in [0.3, 0.4) is 0 Å². The first-order valence-electron chi connectivity index (χ1n) is 4.52. The van der Waals surface area contributed by atoms with E-state index in [0.29, 0.717) is 6.61 Å². The molecule has 0 unspecified atom stereocenters. The molecule has 0 aliphatic heterocycles. The third-order valence-electron chi connectivity index (χ3n) is 2.19. The Morgan fingerprint density at radius 2 is 2.23 bits per heavy atom. The second kappa shape index (κ2) is 3.13. The predicted molar refractivity (Wildman–Crippen MR) is 54.2 cm³/mol. The third kappa shape index (κ3) is 1.28. The number of hydrogen-bond donors (Lipinski definition) is 1.